The molecule has 3 aromatic rings. The number of nitrogen functional groups attached to an aromatic ring is 1. The van der Waals surface area contributed by atoms with Crippen LogP contribution in [0.3, 0.4) is 0 Å². The number of nitrogens with two attached hydrogens (primary N) is 1. The zero-order chi connectivity index (χ0) is 16.8. The number of hydrogen-bond acceptors (Lipinski definition) is 4. The first-order valence-corrected chi connectivity index (χ1v) is 8.34. The van der Waals surface area contributed by atoms with Crippen LogP contribution in [0.2, 0.25) is 0 Å². The molecular weight excluding hydrogens is 308 g/mol. The van der Waals surface area contributed by atoms with E-state index in [0.717, 1.165) is 6.42 Å². The fourth-order valence-electron chi connectivity index (χ4n) is 3.75. The molecule has 4 heteroatoms. The third kappa shape index (κ3) is 2.18. The van der Waals surface area contributed by atoms with Crippen molar-refractivity contribution in [2.24, 2.45) is 10.9 Å². The van der Waals surface area contributed by atoms with Crippen LogP contribution in [-0.2, 0) is 6.42 Å². The van der Waals surface area contributed by atoms with Crippen molar-refractivity contribution in [3.8, 4) is 0 Å². The molecule has 25 heavy (non-hydrogen) atoms. The molecule has 2 aromatic carbocycles. The molecule has 0 amide bonds. The molecule has 1 unspecified atom stereocenters. The van der Waals surface area contributed by atoms with Crippen LogP contribution in [0.1, 0.15) is 16.7 Å². The number of allylic oxidation sites excluding steroid dienone is 3. The highest BCUT2D eigenvalue weighted by atomic mass is 15.0. The maximum atomic E-state index is 5.89. The Bertz CT molecular complexity index is 1090. The number of rotatable bonds is 2. The predicted octanol–water partition coefficient (Wildman–Crippen LogP) is 4.20. The van der Waals surface area contributed by atoms with E-state index in [2.05, 4.69) is 63.5 Å². The van der Waals surface area contributed by atoms with E-state index in [-0.39, 0.29) is 5.92 Å². The molecule has 0 bridgehead atoms. The highest BCUT2D eigenvalue weighted by molar-refractivity contribution is 6.06. The van der Waals surface area contributed by atoms with E-state index in [1.165, 1.54) is 39.4 Å². The van der Waals surface area contributed by atoms with Crippen LogP contribution in [0.15, 0.2) is 60.0 Å². The minimum Gasteiger partial charge on any atom is -0.394 e. The fraction of sp³-hybridized carbons (Fsp3) is 0.0952. The lowest BCUT2D eigenvalue weighted by atomic mass is 9.77. The summed E-state index contributed by atoms with van der Waals surface area (Å²) in [5, 5.41) is 2.68. The van der Waals surface area contributed by atoms with Gasteiger partial charge in [0, 0.05) is 12.1 Å². The number of anilines is 1. The zero-order valence-corrected chi connectivity index (χ0v) is 13.6. The van der Waals surface area contributed by atoms with Gasteiger partial charge >= 0.3 is 0 Å². The standard InChI is InChI=1S/C21H16N4/c22-18-11-23-12-25-21(18)24-10-16-7-6-15-5-4-13-2-1-3-14-8-9-17(16)20(15)19(13)14/h1-7,9-12,16H,8,22H2/b24-10+. The molecule has 0 radical (unpaired) electrons. The van der Waals surface area contributed by atoms with E-state index < -0.39 is 0 Å². The van der Waals surface area contributed by atoms with Crippen LogP contribution < -0.4 is 5.73 Å². The van der Waals surface area contributed by atoms with E-state index in [1.807, 2.05) is 6.21 Å². The summed E-state index contributed by atoms with van der Waals surface area (Å²) >= 11 is 0. The number of benzene rings is 2. The highest BCUT2D eigenvalue weighted by Crippen LogP contribution is 2.42. The van der Waals surface area contributed by atoms with Gasteiger partial charge in [-0.1, -0.05) is 48.6 Å². The second-order valence-electron chi connectivity index (χ2n) is 6.37. The molecule has 2 aliphatic rings. The quantitative estimate of drug-likeness (QED) is 0.719. The molecular formula is C21H16N4. The van der Waals surface area contributed by atoms with Gasteiger partial charge in [0.05, 0.1) is 11.9 Å². The molecule has 0 spiro atoms. The Hall–Kier alpha value is -3.27. The Labute approximate surface area is 145 Å². The summed E-state index contributed by atoms with van der Waals surface area (Å²) in [7, 11) is 0. The zero-order valence-electron chi connectivity index (χ0n) is 13.6. The van der Waals surface area contributed by atoms with Gasteiger partial charge < -0.3 is 5.73 Å². The van der Waals surface area contributed by atoms with Crippen LogP contribution in [0.5, 0.6) is 0 Å². The van der Waals surface area contributed by atoms with Crippen molar-refractivity contribution in [2.75, 3.05) is 5.73 Å². The Balaban J connectivity index is 1.62. The summed E-state index contributed by atoms with van der Waals surface area (Å²) in [6.45, 7) is 0. The number of aromatic nitrogens is 2. The Morgan fingerprint density at radius 2 is 2.16 bits per heavy atom. The maximum Gasteiger partial charge on any atom is 0.178 e. The summed E-state index contributed by atoms with van der Waals surface area (Å²) in [4.78, 5) is 12.6. The van der Waals surface area contributed by atoms with Gasteiger partial charge in [-0.05, 0) is 39.5 Å². The summed E-state index contributed by atoms with van der Waals surface area (Å²) in [5.74, 6) is 0.644. The van der Waals surface area contributed by atoms with Gasteiger partial charge in [-0.15, -0.1) is 0 Å². The summed E-state index contributed by atoms with van der Waals surface area (Å²) in [6, 6.07) is 11.0. The van der Waals surface area contributed by atoms with Crippen LogP contribution >= 0.6 is 0 Å². The van der Waals surface area contributed by atoms with Gasteiger partial charge in [0.25, 0.3) is 0 Å². The lowest BCUT2D eigenvalue weighted by Crippen LogP contribution is -2.12. The van der Waals surface area contributed by atoms with Crippen molar-refractivity contribution in [3.05, 3.63) is 71.7 Å². The average Bonchev–Trinajstić information content (AvgIpc) is 2.66. The molecule has 1 heterocycles. The molecule has 0 fully saturated rings. The van der Waals surface area contributed by atoms with Gasteiger partial charge in [0.2, 0.25) is 0 Å². The van der Waals surface area contributed by atoms with E-state index >= 15 is 0 Å². The van der Waals surface area contributed by atoms with Crippen molar-refractivity contribution < 1.29 is 0 Å². The molecule has 2 aliphatic carbocycles. The van der Waals surface area contributed by atoms with Crippen molar-refractivity contribution >= 4 is 40.1 Å². The average molecular weight is 324 g/mol. The molecule has 1 aromatic heterocycles. The van der Waals surface area contributed by atoms with Crippen molar-refractivity contribution in [3.63, 3.8) is 0 Å². The topological polar surface area (TPSA) is 64.2 Å². The van der Waals surface area contributed by atoms with Crippen LogP contribution in [0.25, 0.3) is 22.4 Å². The molecule has 2 N–H and O–H groups in total. The second-order valence-corrected chi connectivity index (χ2v) is 6.37. The van der Waals surface area contributed by atoms with E-state index in [1.54, 1.807) is 6.20 Å². The SMILES string of the molecule is Nc1cncnc1/N=C/C1C=Cc2ccc3cccc4c3c2C1=CC4. The van der Waals surface area contributed by atoms with Gasteiger partial charge in [0.15, 0.2) is 5.82 Å². The highest BCUT2D eigenvalue weighted by Gasteiger charge is 2.24. The number of hydrogen-bond donors (Lipinski definition) is 1. The third-order valence-corrected chi connectivity index (χ3v) is 4.91. The predicted molar refractivity (Wildman–Crippen MR) is 103 cm³/mol. The monoisotopic (exact) mass is 324 g/mol. The van der Waals surface area contributed by atoms with Gasteiger partial charge in [0.1, 0.15) is 6.33 Å². The first kappa shape index (κ1) is 14.1. The molecule has 0 saturated carbocycles. The van der Waals surface area contributed by atoms with E-state index in [9.17, 15) is 0 Å². The lowest BCUT2D eigenvalue weighted by Gasteiger charge is -2.27. The van der Waals surface area contributed by atoms with Crippen molar-refractivity contribution in [2.45, 2.75) is 6.42 Å². The second kappa shape index (κ2) is 5.38. The fourth-order valence-corrected chi connectivity index (χ4v) is 3.75. The lowest BCUT2D eigenvalue weighted by molar-refractivity contribution is 1.12. The first-order valence-electron chi connectivity index (χ1n) is 8.34. The minimum atomic E-state index is 0.126. The minimum absolute atomic E-state index is 0.126. The van der Waals surface area contributed by atoms with Crippen LogP contribution in [0, 0.1) is 5.92 Å². The van der Waals surface area contributed by atoms with E-state index in [0.29, 0.717) is 11.5 Å². The smallest absolute Gasteiger partial charge is 0.178 e. The molecule has 4 nitrogen and oxygen atoms in total. The molecule has 0 saturated heterocycles. The van der Waals surface area contributed by atoms with Crippen LogP contribution in [-0.4, -0.2) is 16.2 Å². The van der Waals surface area contributed by atoms with Crippen LogP contribution in [0.4, 0.5) is 11.5 Å². The normalized spacial score (nSPS) is 17.9. The molecule has 120 valence electrons. The molecule has 5 rings (SSSR count). The van der Waals surface area contributed by atoms with Gasteiger partial charge in [-0.25, -0.2) is 15.0 Å². The van der Waals surface area contributed by atoms with Crippen molar-refractivity contribution in [1.29, 1.82) is 0 Å². The van der Waals surface area contributed by atoms with Crippen molar-refractivity contribution in [1.82, 2.24) is 9.97 Å². The summed E-state index contributed by atoms with van der Waals surface area (Å²) in [5.41, 5.74) is 11.7. The third-order valence-electron chi connectivity index (χ3n) is 4.91. The molecule has 1 atom stereocenters. The van der Waals surface area contributed by atoms with Gasteiger partial charge in [-0.2, -0.15) is 0 Å². The number of nitrogens with zero attached hydrogens (tertiary/aromatic N) is 3. The first-order chi connectivity index (χ1) is 12.3. The summed E-state index contributed by atoms with van der Waals surface area (Å²) < 4.78 is 0. The summed E-state index contributed by atoms with van der Waals surface area (Å²) in [6.07, 6.45) is 12.6. The maximum absolute atomic E-state index is 5.89. The van der Waals surface area contributed by atoms with E-state index in [4.69, 9.17) is 5.73 Å². The largest absolute Gasteiger partial charge is 0.394 e. The molecule has 0 aliphatic heterocycles. The number of aliphatic imine (C=N–C) groups is 1. The Kier molecular flexibility index (Phi) is 3.04. The Morgan fingerprint density at radius 1 is 1.20 bits per heavy atom. The Morgan fingerprint density at radius 3 is 3.08 bits per heavy atom. The van der Waals surface area contributed by atoms with Gasteiger partial charge in [-0.3, -0.25) is 0 Å².